The third-order valence-electron chi connectivity index (χ3n) is 2.53. The van der Waals surface area contributed by atoms with E-state index < -0.39 is 0 Å². The number of carbonyl (C=O) groups is 1. The summed E-state index contributed by atoms with van der Waals surface area (Å²) in [4.78, 5) is 10.6. The Labute approximate surface area is 90.2 Å². The highest BCUT2D eigenvalue weighted by Crippen LogP contribution is 2.15. The van der Waals surface area contributed by atoms with E-state index in [-0.39, 0.29) is 5.91 Å². The lowest BCUT2D eigenvalue weighted by Gasteiger charge is -2.07. The number of nitrogens with one attached hydrogen (secondary N) is 1. The van der Waals surface area contributed by atoms with Gasteiger partial charge in [-0.05, 0) is 43.0 Å². The molecule has 3 nitrogen and oxygen atoms in total. The lowest BCUT2D eigenvalue weighted by molar-refractivity contribution is -0.118. The molecular formula is C12H16N2O. The number of nitrogens with zero attached hydrogens (tertiary/aromatic N) is 1. The first-order valence-electron chi connectivity index (χ1n) is 4.89. The van der Waals surface area contributed by atoms with E-state index in [9.17, 15) is 4.79 Å². The number of rotatable bonds is 2. The molecule has 1 aromatic rings. The molecule has 80 valence electrons. The van der Waals surface area contributed by atoms with Gasteiger partial charge in [-0.2, -0.15) is 5.10 Å². The summed E-state index contributed by atoms with van der Waals surface area (Å²) >= 11 is 0. The van der Waals surface area contributed by atoms with Crippen LogP contribution in [0.25, 0.3) is 0 Å². The molecule has 15 heavy (non-hydrogen) atoms. The zero-order chi connectivity index (χ0) is 11.4. The minimum Gasteiger partial charge on any atom is -0.274 e. The van der Waals surface area contributed by atoms with Crippen LogP contribution in [-0.2, 0) is 4.79 Å². The van der Waals surface area contributed by atoms with Crippen molar-refractivity contribution in [2.24, 2.45) is 5.10 Å². The smallest absolute Gasteiger partial charge is 0.236 e. The monoisotopic (exact) mass is 204 g/mol. The van der Waals surface area contributed by atoms with E-state index >= 15 is 0 Å². The van der Waals surface area contributed by atoms with Gasteiger partial charge in [-0.25, -0.2) is 5.43 Å². The topological polar surface area (TPSA) is 41.5 Å². The van der Waals surface area contributed by atoms with Gasteiger partial charge in [-0.15, -0.1) is 0 Å². The molecule has 0 unspecified atom stereocenters. The van der Waals surface area contributed by atoms with Crippen LogP contribution in [0.4, 0.5) is 0 Å². The van der Waals surface area contributed by atoms with Gasteiger partial charge < -0.3 is 0 Å². The largest absolute Gasteiger partial charge is 0.274 e. The maximum Gasteiger partial charge on any atom is 0.236 e. The van der Waals surface area contributed by atoms with Crippen molar-refractivity contribution in [3.8, 4) is 0 Å². The number of carbonyl (C=O) groups excluding carboxylic acids is 1. The van der Waals surface area contributed by atoms with Crippen molar-refractivity contribution in [1.29, 1.82) is 0 Å². The zero-order valence-electron chi connectivity index (χ0n) is 9.59. The maximum atomic E-state index is 10.6. The summed E-state index contributed by atoms with van der Waals surface area (Å²) in [5.41, 5.74) is 7.15. The molecule has 0 aliphatic heterocycles. The summed E-state index contributed by atoms with van der Waals surface area (Å²) in [6.07, 6.45) is 1.67. The SMILES string of the molecule is CC(=O)N/N=C/c1ccc(C)c(C)c1C. The highest BCUT2D eigenvalue weighted by Gasteiger charge is 2.01. The summed E-state index contributed by atoms with van der Waals surface area (Å²) < 4.78 is 0. The number of hydrogen-bond acceptors (Lipinski definition) is 2. The fraction of sp³-hybridized carbons (Fsp3) is 0.333. The van der Waals surface area contributed by atoms with Gasteiger partial charge in [-0.3, -0.25) is 4.79 Å². The average Bonchev–Trinajstić information content (AvgIpc) is 2.18. The van der Waals surface area contributed by atoms with Crippen molar-refractivity contribution < 1.29 is 4.79 Å². The Morgan fingerprint density at radius 2 is 1.93 bits per heavy atom. The van der Waals surface area contributed by atoms with Gasteiger partial charge in [0.05, 0.1) is 6.21 Å². The minimum atomic E-state index is -0.160. The number of benzene rings is 1. The molecule has 0 spiro atoms. The Bertz CT molecular complexity index is 408. The number of aryl methyl sites for hydroxylation is 1. The van der Waals surface area contributed by atoms with Gasteiger partial charge in [0, 0.05) is 6.92 Å². The molecule has 0 bridgehead atoms. The Balaban J connectivity index is 2.92. The first-order chi connectivity index (χ1) is 7.02. The molecule has 1 amide bonds. The second-order valence-corrected chi connectivity index (χ2v) is 3.65. The fourth-order valence-corrected chi connectivity index (χ4v) is 1.31. The molecule has 1 aromatic carbocycles. The van der Waals surface area contributed by atoms with Crippen LogP contribution in [0.1, 0.15) is 29.2 Å². The van der Waals surface area contributed by atoms with Gasteiger partial charge in [0.1, 0.15) is 0 Å². The van der Waals surface area contributed by atoms with Crippen molar-refractivity contribution in [3.05, 3.63) is 34.4 Å². The van der Waals surface area contributed by atoms with E-state index in [1.807, 2.05) is 6.07 Å². The van der Waals surface area contributed by atoms with Crippen LogP contribution in [0, 0.1) is 20.8 Å². The maximum absolute atomic E-state index is 10.6. The van der Waals surface area contributed by atoms with Gasteiger partial charge in [0.15, 0.2) is 0 Å². The predicted octanol–water partition coefficient (Wildman–Crippen LogP) is 2.08. The molecule has 0 fully saturated rings. The Morgan fingerprint density at radius 3 is 2.53 bits per heavy atom. The number of amides is 1. The second kappa shape index (κ2) is 4.73. The van der Waals surface area contributed by atoms with E-state index in [0.717, 1.165) is 5.56 Å². The van der Waals surface area contributed by atoms with E-state index in [0.29, 0.717) is 0 Å². The molecule has 0 saturated carbocycles. The number of hydrazone groups is 1. The first-order valence-corrected chi connectivity index (χ1v) is 4.89. The number of hydrogen-bond donors (Lipinski definition) is 1. The van der Waals surface area contributed by atoms with Crippen LogP contribution in [0.3, 0.4) is 0 Å². The zero-order valence-corrected chi connectivity index (χ0v) is 9.59. The molecule has 1 rings (SSSR count). The van der Waals surface area contributed by atoms with Crippen LogP contribution >= 0.6 is 0 Å². The van der Waals surface area contributed by atoms with Crippen LogP contribution in [0.15, 0.2) is 17.2 Å². The molecule has 1 N–H and O–H groups in total. The fourth-order valence-electron chi connectivity index (χ4n) is 1.31. The van der Waals surface area contributed by atoms with Gasteiger partial charge in [0.2, 0.25) is 5.91 Å². The van der Waals surface area contributed by atoms with Gasteiger partial charge in [0.25, 0.3) is 0 Å². The molecule has 0 saturated heterocycles. The van der Waals surface area contributed by atoms with Crippen LogP contribution in [-0.4, -0.2) is 12.1 Å². The molecule has 0 atom stereocenters. The van der Waals surface area contributed by atoms with Crippen LogP contribution in [0.2, 0.25) is 0 Å². The first kappa shape index (κ1) is 11.4. The normalized spacial score (nSPS) is 10.7. The van der Waals surface area contributed by atoms with E-state index in [1.54, 1.807) is 6.21 Å². The molecule has 0 aliphatic carbocycles. The summed E-state index contributed by atoms with van der Waals surface area (Å²) in [6.45, 7) is 7.65. The van der Waals surface area contributed by atoms with Crippen molar-refractivity contribution in [2.75, 3.05) is 0 Å². The van der Waals surface area contributed by atoms with E-state index in [1.165, 1.54) is 23.6 Å². The van der Waals surface area contributed by atoms with Crippen LogP contribution in [0.5, 0.6) is 0 Å². The third kappa shape index (κ3) is 2.91. The molecule has 0 aromatic heterocycles. The van der Waals surface area contributed by atoms with Crippen LogP contribution < -0.4 is 5.43 Å². The van der Waals surface area contributed by atoms with Crippen molar-refractivity contribution in [3.63, 3.8) is 0 Å². The second-order valence-electron chi connectivity index (χ2n) is 3.65. The molecule has 3 heteroatoms. The molecule has 0 radical (unpaired) electrons. The minimum absolute atomic E-state index is 0.160. The lowest BCUT2D eigenvalue weighted by atomic mass is 10.00. The molecule has 0 heterocycles. The lowest BCUT2D eigenvalue weighted by Crippen LogP contribution is -2.12. The molecular weight excluding hydrogens is 188 g/mol. The third-order valence-corrected chi connectivity index (χ3v) is 2.53. The average molecular weight is 204 g/mol. The van der Waals surface area contributed by atoms with Gasteiger partial charge >= 0.3 is 0 Å². The summed E-state index contributed by atoms with van der Waals surface area (Å²) in [5, 5.41) is 3.85. The van der Waals surface area contributed by atoms with Gasteiger partial charge in [-0.1, -0.05) is 12.1 Å². The Hall–Kier alpha value is -1.64. The van der Waals surface area contributed by atoms with Crippen molar-refractivity contribution in [1.82, 2.24) is 5.43 Å². The van der Waals surface area contributed by atoms with Crippen molar-refractivity contribution >= 4 is 12.1 Å². The Morgan fingerprint density at radius 1 is 1.27 bits per heavy atom. The van der Waals surface area contributed by atoms with E-state index in [4.69, 9.17) is 0 Å². The predicted molar refractivity (Wildman–Crippen MR) is 62.1 cm³/mol. The quantitative estimate of drug-likeness (QED) is 0.581. The molecule has 0 aliphatic rings. The summed E-state index contributed by atoms with van der Waals surface area (Å²) in [6, 6.07) is 4.06. The summed E-state index contributed by atoms with van der Waals surface area (Å²) in [7, 11) is 0. The van der Waals surface area contributed by atoms with E-state index in [2.05, 4.69) is 37.4 Å². The standard InChI is InChI=1S/C12H16N2O/c1-8-5-6-12(10(3)9(8)2)7-13-14-11(4)15/h5-7H,1-4H3,(H,14,15)/b13-7+. The van der Waals surface area contributed by atoms with Crippen molar-refractivity contribution in [2.45, 2.75) is 27.7 Å². The summed E-state index contributed by atoms with van der Waals surface area (Å²) in [5.74, 6) is -0.160. The Kier molecular flexibility index (Phi) is 3.61. The highest BCUT2D eigenvalue weighted by atomic mass is 16.2. The highest BCUT2D eigenvalue weighted by molar-refractivity contribution is 5.83.